The van der Waals surface area contributed by atoms with Gasteiger partial charge in [-0.05, 0) is 26.8 Å². The van der Waals surface area contributed by atoms with Crippen LogP contribution in [-0.2, 0) is 4.74 Å². The predicted molar refractivity (Wildman–Crippen MR) is 72.7 cm³/mol. The molecule has 0 bridgehead atoms. The van der Waals surface area contributed by atoms with Crippen molar-refractivity contribution < 1.29 is 9.53 Å². The summed E-state index contributed by atoms with van der Waals surface area (Å²) in [6.07, 6.45) is 1.65. The van der Waals surface area contributed by atoms with Gasteiger partial charge in [0.1, 0.15) is 0 Å². The monoisotopic (exact) mass is 264 g/mol. The van der Waals surface area contributed by atoms with Gasteiger partial charge in [-0.1, -0.05) is 0 Å². The van der Waals surface area contributed by atoms with Crippen molar-refractivity contribution in [1.29, 1.82) is 0 Å². The zero-order chi connectivity index (χ0) is 14.0. The van der Waals surface area contributed by atoms with Gasteiger partial charge in [0, 0.05) is 25.0 Å². The molecule has 0 unspecified atom stereocenters. The van der Waals surface area contributed by atoms with E-state index in [2.05, 4.69) is 10.4 Å². The summed E-state index contributed by atoms with van der Waals surface area (Å²) in [5, 5.41) is 0. The SMILES string of the molecule is Cc1cc(NN)c(C(=O)N2C[C@@H](C)O[C@@H](C)C2)cn1. The Labute approximate surface area is 112 Å². The van der Waals surface area contributed by atoms with E-state index < -0.39 is 0 Å². The van der Waals surface area contributed by atoms with Crippen molar-refractivity contribution >= 4 is 11.6 Å². The highest BCUT2D eigenvalue weighted by atomic mass is 16.5. The van der Waals surface area contributed by atoms with Crippen molar-refractivity contribution in [3.05, 3.63) is 23.5 Å². The highest BCUT2D eigenvalue weighted by molar-refractivity contribution is 5.99. The molecule has 1 aliphatic heterocycles. The van der Waals surface area contributed by atoms with Crippen molar-refractivity contribution in [3.8, 4) is 0 Å². The first-order valence-corrected chi connectivity index (χ1v) is 6.39. The van der Waals surface area contributed by atoms with E-state index in [1.165, 1.54) is 0 Å². The quantitative estimate of drug-likeness (QED) is 0.613. The van der Waals surface area contributed by atoms with Gasteiger partial charge >= 0.3 is 0 Å². The molecule has 1 aromatic rings. The Morgan fingerprint density at radius 1 is 1.47 bits per heavy atom. The predicted octanol–water partition coefficient (Wildman–Crippen LogP) is 0.925. The summed E-state index contributed by atoms with van der Waals surface area (Å²) in [7, 11) is 0. The van der Waals surface area contributed by atoms with Crippen LogP contribution in [0.15, 0.2) is 12.3 Å². The number of anilines is 1. The number of nitrogens with zero attached hydrogens (tertiary/aromatic N) is 2. The maximum Gasteiger partial charge on any atom is 0.257 e. The molecule has 1 aliphatic rings. The van der Waals surface area contributed by atoms with E-state index in [4.69, 9.17) is 10.6 Å². The number of nitrogens with one attached hydrogen (secondary N) is 1. The summed E-state index contributed by atoms with van der Waals surface area (Å²) in [5.41, 5.74) is 4.47. The fourth-order valence-corrected chi connectivity index (χ4v) is 2.36. The van der Waals surface area contributed by atoms with E-state index >= 15 is 0 Å². The molecule has 1 fully saturated rings. The molecule has 0 radical (unpaired) electrons. The Morgan fingerprint density at radius 2 is 2.11 bits per heavy atom. The number of morpholine rings is 1. The largest absolute Gasteiger partial charge is 0.372 e. The van der Waals surface area contributed by atoms with Crippen molar-refractivity contribution in [2.45, 2.75) is 33.0 Å². The number of pyridine rings is 1. The molecule has 0 aliphatic carbocycles. The lowest BCUT2D eigenvalue weighted by Crippen LogP contribution is -2.48. The Bertz CT molecular complexity index is 468. The minimum Gasteiger partial charge on any atom is -0.372 e. The van der Waals surface area contributed by atoms with Gasteiger partial charge in [0.2, 0.25) is 0 Å². The molecule has 6 heteroatoms. The normalized spacial score (nSPS) is 23.3. The number of amides is 1. The summed E-state index contributed by atoms with van der Waals surface area (Å²) in [6, 6.07) is 1.76. The molecule has 1 saturated heterocycles. The second-order valence-corrected chi connectivity index (χ2v) is 4.98. The number of hydrogen-bond acceptors (Lipinski definition) is 5. The molecule has 2 heterocycles. The van der Waals surface area contributed by atoms with Gasteiger partial charge in [-0.25, -0.2) is 0 Å². The third-order valence-corrected chi connectivity index (χ3v) is 3.13. The number of carbonyl (C=O) groups excluding carboxylic acids is 1. The van der Waals surface area contributed by atoms with Crippen molar-refractivity contribution in [1.82, 2.24) is 9.88 Å². The van der Waals surface area contributed by atoms with Gasteiger partial charge in [-0.2, -0.15) is 0 Å². The van der Waals surface area contributed by atoms with Crippen LogP contribution >= 0.6 is 0 Å². The zero-order valence-corrected chi connectivity index (χ0v) is 11.5. The number of rotatable bonds is 2. The van der Waals surface area contributed by atoms with Crippen LogP contribution in [-0.4, -0.2) is 41.1 Å². The average Bonchev–Trinajstić information content (AvgIpc) is 2.36. The van der Waals surface area contributed by atoms with E-state index in [0.717, 1.165) is 5.69 Å². The molecule has 2 atom stereocenters. The van der Waals surface area contributed by atoms with Gasteiger partial charge in [0.15, 0.2) is 0 Å². The van der Waals surface area contributed by atoms with Crippen LogP contribution < -0.4 is 11.3 Å². The molecule has 2 rings (SSSR count). The molecule has 0 spiro atoms. The number of carbonyl (C=O) groups is 1. The van der Waals surface area contributed by atoms with Crippen LogP contribution in [0, 0.1) is 6.92 Å². The molecule has 104 valence electrons. The number of nitrogen functional groups attached to an aromatic ring is 1. The minimum absolute atomic E-state index is 0.0420. The van der Waals surface area contributed by atoms with Crippen molar-refractivity contribution in [3.63, 3.8) is 0 Å². The van der Waals surface area contributed by atoms with Crippen LogP contribution in [0.4, 0.5) is 5.69 Å². The Balaban J connectivity index is 2.24. The van der Waals surface area contributed by atoms with Gasteiger partial charge in [0.25, 0.3) is 5.91 Å². The second kappa shape index (κ2) is 5.54. The van der Waals surface area contributed by atoms with Crippen LogP contribution in [0.1, 0.15) is 29.9 Å². The lowest BCUT2D eigenvalue weighted by Gasteiger charge is -2.35. The highest BCUT2D eigenvalue weighted by Crippen LogP contribution is 2.19. The third kappa shape index (κ3) is 3.02. The number of aromatic nitrogens is 1. The molecular formula is C13H20N4O2. The van der Waals surface area contributed by atoms with E-state index in [9.17, 15) is 4.79 Å². The second-order valence-electron chi connectivity index (χ2n) is 4.98. The molecule has 3 N–H and O–H groups in total. The Kier molecular flexibility index (Phi) is 4.01. The maximum absolute atomic E-state index is 12.5. The standard InChI is InChI=1S/C13H20N4O2/c1-8-4-12(16-14)11(5-15-8)13(18)17-6-9(2)19-10(3)7-17/h4-5,9-10H,6-7,14H2,1-3H3,(H,15,16)/t9-,10+. The van der Waals surface area contributed by atoms with Gasteiger partial charge in [-0.15, -0.1) is 0 Å². The maximum atomic E-state index is 12.5. The molecule has 0 aromatic carbocycles. The average molecular weight is 264 g/mol. The van der Waals surface area contributed by atoms with Crippen LogP contribution in [0.5, 0.6) is 0 Å². The number of hydrazine groups is 1. The topological polar surface area (TPSA) is 80.5 Å². The first kappa shape index (κ1) is 13.8. The van der Waals surface area contributed by atoms with Gasteiger partial charge in [-0.3, -0.25) is 15.6 Å². The first-order chi connectivity index (χ1) is 9.01. The highest BCUT2D eigenvalue weighted by Gasteiger charge is 2.27. The molecule has 6 nitrogen and oxygen atoms in total. The summed E-state index contributed by atoms with van der Waals surface area (Å²) >= 11 is 0. The number of hydrogen-bond donors (Lipinski definition) is 2. The number of ether oxygens (including phenoxy) is 1. The van der Waals surface area contributed by atoms with Crippen molar-refractivity contribution in [2.24, 2.45) is 5.84 Å². The first-order valence-electron chi connectivity index (χ1n) is 6.39. The zero-order valence-electron chi connectivity index (χ0n) is 11.5. The fourth-order valence-electron chi connectivity index (χ4n) is 2.36. The summed E-state index contributed by atoms with van der Waals surface area (Å²) in [4.78, 5) is 18.5. The lowest BCUT2D eigenvalue weighted by atomic mass is 10.1. The summed E-state index contributed by atoms with van der Waals surface area (Å²) in [6.45, 7) is 6.95. The van der Waals surface area contributed by atoms with Crippen LogP contribution in [0.25, 0.3) is 0 Å². The molecule has 0 saturated carbocycles. The number of nitrogens with two attached hydrogens (primary N) is 1. The van der Waals surface area contributed by atoms with Crippen LogP contribution in [0.3, 0.4) is 0 Å². The molecule has 1 aromatic heterocycles. The third-order valence-electron chi connectivity index (χ3n) is 3.13. The van der Waals surface area contributed by atoms with E-state index in [-0.39, 0.29) is 18.1 Å². The fraction of sp³-hybridized carbons (Fsp3) is 0.538. The van der Waals surface area contributed by atoms with E-state index in [1.807, 2.05) is 20.8 Å². The molecule has 19 heavy (non-hydrogen) atoms. The van der Waals surface area contributed by atoms with Gasteiger partial charge in [0.05, 0.1) is 23.5 Å². The van der Waals surface area contributed by atoms with E-state index in [0.29, 0.717) is 24.3 Å². The number of aryl methyl sites for hydroxylation is 1. The van der Waals surface area contributed by atoms with Crippen molar-refractivity contribution in [2.75, 3.05) is 18.5 Å². The summed E-state index contributed by atoms with van der Waals surface area (Å²) in [5.74, 6) is 5.40. The molecule has 1 amide bonds. The molecular weight excluding hydrogens is 244 g/mol. The smallest absolute Gasteiger partial charge is 0.257 e. The van der Waals surface area contributed by atoms with E-state index in [1.54, 1.807) is 17.2 Å². The minimum atomic E-state index is -0.0672. The van der Waals surface area contributed by atoms with Crippen LogP contribution in [0.2, 0.25) is 0 Å². The summed E-state index contributed by atoms with van der Waals surface area (Å²) < 4.78 is 5.63. The Hall–Kier alpha value is -1.66. The Morgan fingerprint density at radius 3 is 2.68 bits per heavy atom. The lowest BCUT2D eigenvalue weighted by molar-refractivity contribution is -0.0586. The van der Waals surface area contributed by atoms with Gasteiger partial charge < -0.3 is 15.1 Å².